The Balaban J connectivity index is 1.62. The molecule has 1 aliphatic heterocycles. The van der Waals surface area contributed by atoms with E-state index in [0.29, 0.717) is 25.4 Å². The van der Waals surface area contributed by atoms with E-state index in [1.54, 1.807) is 12.1 Å². The molecule has 0 spiro atoms. The lowest BCUT2D eigenvalue weighted by atomic mass is 10.0. The molecule has 0 unspecified atom stereocenters. The zero-order valence-electron chi connectivity index (χ0n) is 15.8. The van der Waals surface area contributed by atoms with Crippen molar-refractivity contribution in [2.75, 3.05) is 19.7 Å². The van der Waals surface area contributed by atoms with Gasteiger partial charge in [0.2, 0.25) is 0 Å². The standard InChI is InChI=1S/C22H23FN2O2/c1-13-10-14(2)20-18(11-13)15(3)21(24-20)22(26)25-8-9-27-19(12-25)16-4-6-17(23)7-5-16/h4-7,10-11,19,24H,8-9,12H2,1-3H3/t19-/m0/s1. The van der Waals surface area contributed by atoms with Crippen molar-refractivity contribution in [3.8, 4) is 0 Å². The lowest BCUT2D eigenvalue weighted by Gasteiger charge is -2.33. The number of aryl methyl sites for hydroxylation is 3. The first-order valence-electron chi connectivity index (χ1n) is 9.20. The Hall–Kier alpha value is -2.66. The molecule has 0 saturated carbocycles. The number of ether oxygens (including phenoxy) is 1. The number of nitrogens with one attached hydrogen (secondary N) is 1. The van der Waals surface area contributed by atoms with E-state index < -0.39 is 0 Å². The maximum atomic E-state index is 13.2. The van der Waals surface area contributed by atoms with Gasteiger partial charge >= 0.3 is 0 Å². The summed E-state index contributed by atoms with van der Waals surface area (Å²) in [6.07, 6.45) is -0.239. The minimum absolute atomic E-state index is 0.0174. The predicted molar refractivity (Wildman–Crippen MR) is 104 cm³/mol. The second-order valence-corrected chi connectivity index (χ2v) is 7.29. The van der Waals surface area contributed by atoms with Gasteiger partial charge < -0.3 is 14.6 Å². The molecule has 3 aromatic rings. The number of amides is 1. The van der Waals surface area contributed by atoms with Gasteiger partial charge in [0.1, 0.15) is 17.6 Å². The van der Waals surface area contributed by atoms with Crippen LogP contribution >= 0.6 is 0 Å². The Morgan fingerprint density at radius 1 is 1.19 bits per heavy atom. The summed E-state index contributed by atoms with van der Waals surface area (Å²) in [4.78, 5) is 18.4. The van der Waals surface area contributed by atoms with Crippen molar-refractivity contribution < 1.29 is 13.9 Å². The molecule has 2 aromatic carbocycles. The molecule has 27 heavy (non-hydrogen) atoms. The second kappa shape index (κ2) is 6.82. The number of carbonyl (C=O) groups excluding carboxylic acids is 1. The van der Waals surface area contributed by atoms with Crippen molar-refractivity contribution in [3.63, 3.8) is 0 Å². The number of fused-ring (bicyclic) bond motifs is 1. The van der Waals surface area contributed by atoms with Gasteiger partial charge in [-0.25, -0.2) is 4.39 Å². The van der Waals surface area contributed by atoms with Crippen LogP contribution in [0.3, 0.4) is 0 Å². The summed E-state index contributed by atoms with van der Waals surface area (Å²) in [6.45, 7) is 7.57. The van der Waals surface area contributed by atoms with Gasteiger partial charge in [-0.2, -0.15) is 0 Å². The number of H-pyrrole nitrogens is 1. The van der Waals surface area contributed by atoms with E-state index in [0.717, 1.165) is 27.6 Å². The molecule has 140 valence electrons. The average molecular weight is 366 g/mol. The van der Waals surface area contributed by atoms with Crippen LogP contribution in [0.4, 0.5) is 4.39 Å². The number of rotatable bonds is 2. The summed E-state index contributed by atoms with van der Waals surface area (Å²) in [7, 11) is 0. The number of hydrogen-bond donors (Lipinski definition) is 1. The summed E-state index contributed by atoms with van der Waals surface area (Å²) in [5.74, 6) is -0.293. The van der Waals surface area contributed by atoms with Crippen LogP contribution in [0.25, 0.3) is 10.9 Å². The molecule has 5 heteroatoms. The normalized spacial score (nSPS) is 17.5. The largest absolute Gasteiger partial charge is 0.370 e. The fraction of sp³-hybridized carbons (Fsp3) is 0.318. The number of morpholine rings is 1. The minimum Gasteiger partial charge on any atom is -0.370 e. The highest BCUT2D eigenvalue weighted by molar-refractivity contribution is 6.01. The highest BCUT2D eigenvalue weighted by atomic mass is 19.1. The van der Waals surface area contributed by atoms with Crippen molar-refractivity contribution >= 4 is 16.8 Å². The van der Waals surface area contributed by atoms with E-state index in [1.807, 2.05) is 11.8 Å². The number of aromatic amines is 1. The van der Waals surface area contributed by atoms with Crippen molar-refractivity contribution in [1.29, 1.82) is 0 Å². The van der Waals surface area contributed by atoms with Gasteiger partial charge in [0, 0.05) is 17.4 Å². The quantitative estimate of drug-likeness (QED) is 0.728. The highest BCUT2D eigenvalue weighted by Gasteiger charge is 2.28. The van der Waals surface area contributed by atoms with Crippen LogP contribution in [-0.2, 0) is 4.74 Å². The van der Waals surface area contributed by atoms with E-state index in [-0.39, 0.29) is 17.8 Å². The lowest BCUT2D eigenvalue weighted by Crippen LogP contribution is -2.42. The molecular weight excluding hydrogens is 343 g/mol. The predicted octanol–water partition coefficient (Wildman–Crippen LogP) is 4.45. The van der Waals surface area contributed by atoms with Crippen molar-refractivity contribution in [2.45, 2.75) is 26.9 Å². The van der Waals surface area contributed by atoms with Crippen LogP contribution in [0.15, 0.2) is 36.4 Å². The Bertz CT molecular complexity index is 1010. The summed E-state index contributed by atoms with van der Waals surface area (Å²) in [5.41, 5.74) is 5.84. The maximum absolute atomic E-state index is 13.2. The Morgan fingerprint density at radius 3 is 2.67 bits per heavy atom. The fourth-order valence-electron chi connectivity index (χ4n) is 3.87. The minimum atomic E-state index is -0.276. The van der Waals surface area contributed by atoms with Gasteiger partial charge in [-0.3, -0.25) is 4.79 Å². The van der Waals surface area contributed by atoms with Crippen molar-refractivity contribution in [1.82, 2.24) is 9.88 Å². The van der Waals surface area contributed by atoms with Crippen LogP contribution in [0.2, 0.25) is 0 Å². The fourth-order valence-corrected chi connectivity index (χ4v) is 3.87. The summed E-state index contributed by atoms with van der Waals surface area (Å²) in [6, 6.07) is 10.5. The van der Waals surface area contributed by atoms with Gasteiger partial charge in [-0.05, 0) is 55.7 Å². The van der Waals surface area contributed by atoms with Crippen molar-refractivity contribution in [2.24, 2.45) is 0 Å². The summed E-state index contributed by atoms with van der Waals surface area (Å²) < 4.78 is 19.0. The monoisotopic (exact) mass is 366 g/mol. The van der Waals surface area contributed by atoms with E-state index in [2.05, 4.69) is 31.0 Å². The molecule has 4 rings (SSSR count). The number of nitrogens with zero attached hydrogens (tertiary/aromatic N) is 1. The molecule has 1 saturated heterocycles. The van der Waals surface area contributed by atoms with E-state index >= 15 is 0 Å². The van der Waals surface area contributed by atoms with Crippen LogP contribution in [0.1, 0.15) is 38.8 Å². The molecule has 4 nitrogen and oxygen atoms in total. The Kier molecular flexibility index (Phi) is 4.48. The number of hydrogen-bond acceptors (Lipinski definition) is 2. The molecule has 1 N–H and O–H groups in total. The summed E-state index contributed by atoms with van der Waals surface area (Å²) in [5, 5.41) is 1.10. The molecule has 0 bridgehead atoms. The van der Waals surface area contributed by atoms with Gasteiger partial charge in [0.25, 0.3) is 5.91 Å². The van der Waals surface area contributed by atoms with Crippen LogP contribution < -0.4 is 0 Å². The molecule has 1 aliphatic rings. The molecule has 0 aliphatic carbocycles. The zero-order valence-corrected chi connectivity index (χ0v) is 15.8. The number of carbonyl (C=O) groups is 1. The molecule has 1 atom stereocenters. The van der Waals surface area contributed by atoms with E-state index in [9.17, 15) is 9.18 Å². The molecule has 1 aromatic heterocycles. The molecular formula is C22H23FN2O2. The topological polar surface area (TPSA) is 45.3 Å². The van der Waals surface area contributed by atoms with Gasteiger partial charge in [-0.15, -0.1) is 0 Å². The molecule has 1 amide bonds. The smallest absolute Gasteiger partial charge is 0.270 e. The van der Waals surface area contributed by atoms with Crippen LogP contribution in [0.5, 0.6) is 0 Å². The Morgan fingerprint density at radius 2 is 1.93 bits per heavy atom. The number of aromatic nitrogens is 1. The molecule has 0 radical (unpaired) electrons. The summed E-state index contributed by atoms with van der Waals surface area (Å²) >= 11 is 0. The number of benzene rings is 2. The van der Waals surface area contributed by atoms with Gasteiger partial charge in [0.05, 0.1) is 13.2 Å². The lowest BCUT2D eigenvalue weighted by molar-refractivity contribution is -0.0230. The van der Waals surface area contributed by atoms with E-state index in [4.69, 9.17) is 4.74 Å². The third-order valence-corrected chi connectivity index (χ3v) is 5.32. The highest BCUT2D eigenvalue weighted by Crippen LogP contribution is 2.28. The van der Waals surface area contributed by atoms with Crippen molar-refractivity contribution in [3.05, 3.63) is 70.2 Å². The first-order chi connectivity index (χ1) is 12.9. The average Bonchev–Trinajstić information content (AvgIpc) is 2.99. The third-order valence-electron chi connectivity index (χ3n) is 5.32. The maximum Gasteiger partial charge on any atom is 0.270 e. The second-order valence-electron chi connectivity index (χ2n) is 7.29. The molecule has 2 heterocycles. The number of halogens is 1. The van der Waals surface area contributed by atoms with Gasteiger partial charge in [0.15, 0.2) is 0 Å². The SMILES string of the molecule is Cc1cc(C)c2[nH]c(C(=O)N3CCO[C@H](c4ccc(F)cc4)C3)c(C)c2c1. The van der Waals surface area contributed by atoms with Crippen LogP contribution in [-0.4, -0.2) is 35.5 Å². The first kappa shape index (κ1) is 17.7. The Labute approximate surface area is 157 Å². The molecule has 1 fully saturated rings. The van der Waals surface area contributed by atoms with Crippen LogP contribution in [0, 0.1) is 26.6 Å². The van der Waals surface area contributed by atoms with E-state index in [1.165, 1.54) is 17.7 Å². The zero-order chi connectivity index (χ0) is 19.1. The van der Waals surface area contributed by atoms with Gasteiger partial charge in [-0.1, -0.05) is 23.8 Å². The third kappa shape index (κ3) is 3.23. The first-order valence-corrected chi connectivity index (χ1v) is 9.20.